The van der Waals surface area contributed by atoms with Gasteiger partial charge in [-0.05, 0) is 51.7 Å². The van der Waals surface area contributed by atoms with Crippen LogP contribution in [0.1, 0.15) is 17.5 Å². The van der Waals surface area contributed by atoms with Crippen molar-refractivity contribution < 1.29 is 9.47 Å². The fraction of sp³-hybridized carbons (Fsp3) is 0.294. The maximum Gasteiger partial charge on any atom is 0.124 e. The van der Waals surface area contributed by atoms with Gasteiger partial charge in [0.05, 0.1) is 18.2 Å². The van der Waals surface area contributed by atoms with Crippen molar-refractivity contribution >= 4 is 27.5 Å². The highest BCUT2D eigenvalue weighted by atomic mass is 79.9. The van der Waals surface area contributed by atoms with Gasteiger partial charge in [0.15, 0.2) is 0 Å². The number of hydrogen-bond acceptors (Lipinski definition) is 2. The molecule has 1 aliphatic rings. The molecule has 0 unspecified atom stereocenters. The average molecular weight is 368 g/mol. The van der Waals surface area contributed by atoms with Gasteiger partial charge in [-0.1, -0.05) is 35.9 Å². The summed E-state index contributed by atoms with van der Waals surface area (Å²) >= 11 is 9.76. The minimum atomic E-state index is 0.190. The predicted octanol–water partition coefficient (Wildman–Crippen LogP) is 4.86. The van der Waals surface area contributed by atoms with Crippen LogP contribution in [0.15, 0.2) is 46.9 Å². The van der Waals surface area contributed by atoms with Crippen molar-refractivity contribution in [3.63, 3.8) is 0 Å². The van der Waals surface area contributed by atoms with Gasteiger partial charge in [0, 0.05) is 10.9 Å². The Bertz CT molecular complexity index is 607. The normalized spacial score (nSPS) is 17.9. The summed E-state index contributed by atoms with van der Waals surface area (Å²) in [5, 5.41) is 0.779. The van der Waals surface area contributed by atoms with E-state index in [0.717, 1.165) is 40.3 Å². The number of halogens is 2. The van der Waals surface area contributed by atoms with Crippen LogP contribution in [0.4, 0.5) is 0 Å². The van der Waals surface area contributed by atoms with Crippen molar-refractivity contribution in [1.29, 1.82) is 0 Å². The Morgan fingerprint density at radius 1 is 1.19 bits per heavy atom. The van der Waals surface area contributed by atoms with E-state index in [2.05, 4.69) is 28.1 Å². The topological polar surface area (TPSA) is 18.5 Å². The molecule has 1 saturated heterocycles. The first-order chi connectivity index (χ1) is 10.2. The average Bonchev–Trinajstić information content (AvgIpc) is 2.99. The molecule has 110 valence electrons. The monoisotopic (exact) mass is 366 g/mol. The molecular formula is C17H16BrClO2. The molecule has 0 spiro atoms. The Labute approximate surface area is 138 Å². The summed E-state index contributed by atoms with van der Waals surface area (Å²) in [5.41, 5.74) is 2.33. The van der Waals surface area contributed by atoms with E-state index < -0.39 is 0 Å². The number of ether oxygens (including phenoxy) is 2. The molecule has 1 heterocycles. The van der Waals surface area contributed by atoms with Crippen molar-refractivity contribution in [2.45, 2.75) is 18.9 Å². The summed E-state index contributed by atoms with van der Waals surface area (Å²) in [6.07, 6.45) is 1.97. The molecule has 2 aromatic carbocycles. The van der Waals surface area contributed by atoms with Gasteiger partial charge < -0.3 is 9.47 Å². The highest BCUT2D eigenvalue weighted by Gasteiger charge is 2.16. The second-order valence-electron chi connectivity index (χ2n) is 5.14. The lowest BCUT2D eigenvalue weighted by molar-refractivity contribution is 0.141. The van der Waals surface area contributed by atoms with Gasteiger partial charge in [0.1, 0.15) is 11.9 Å². The molecule has 2 aromatic rings. The third-order valence-corrected chi connectivity index (χ3v) is 4.88. The fourth-order valence-corrected chi connectivity index (χ4v) is 2.99. The Morgan fingerprint density at radius 2 is 2.00 bits per heavy atom. The number of hydrogen-bond donors (Lipinski definition) is 0. The molecule has 0 amide bonds. The molecule has 4 heteroatoms. The van der Waals surface area contributed by atoms with Crippen LogP contribution >= 0.6 is 27.5 Å². The first kappa shape index (κ1) is 14.9. The summed E-state index contributed by atoms with van der Waals surface area (Å²) in [6, 6.07) is 14.2. The van der Waals surface area contributed by atoms with Gasteiger partial charge in [-0.3, -0.25) is 0 Å². The lowest BCUT2D eigenvalue weighted by Gasteiger charge is -2.12. The van der Waals surface area contributed by atoms with Crippen molar-refractivity contribution in [2.24, 2.45) is 0 Å². The molecule has 0 aromatic heterocycles. The van der Waals surface area contributed by atoms with Crippen LogP contribution in [0.3, 0.4) is 0 Å². The van der Waals surface area contributed by atoms with Crippen molar-refractivity contribution in [2.75, 3.05) is 13.2 Å². The van der Waals surface area contributed by atoms with Crippen LogP contribution in [-0.2, 0) is 11.2 Å². The van der Waals surface area contributed by atoms with E-state index in [1.807, 2.05) is 30.3 Å². The predicted molar refractivity (Wildman–Crippen MR) is 88.3 cm³/mol. The SMILES string of the molecule is Clc1c(Br)cccc1Cc1ccc(O[C@H]2CCOC2)cc1. The Kier molecular flexibility index (Phi) is 4.84. The van der Waals surface area contributed by atoms with Crippen molar-refractivity contribution in [3.8, 4) is 5.75 Å². The highest BCUT2D eigenvalue weighted by Crippen LogP contribution is 2.28. The van der Waals surface area contributed by atoms with Gasteiger partial charge in [0.25, 0.3) is 0 Å². The molecule has 1 fully saturated rings. The molecule has 0 aliphatic carbocycles. The molecule has 1 atom stereocenters. The second-order valence-corrected chi connectivity index (χ2v) is 6.37. The van der Waals surface area contributed by atoms with Crippen LogP contribution in [0.25, 0.3) is 0 Å². The standard InChI is InChI=1S/C17H16BrClO2/c18-16-3-1-2-13(17(16)19)10-12-4-6-14(7-5-12)21-15-8-9-20-11-15/h1-7,15H,8-11H2/t15-/m0/s1. The molecule has 0 radical (unpaired) electrons. The Balaban J connectivity index is 1.67. The maximum absolute atomic E-state index is 6.30. The fourth-order valence-electron chi connectivity index (χ4n) is 2.39. The maximum atomic E-state index is 6.30. The summed E-state index contributed by atoms with van der Waals surface area (Å²) in [7, 11) is 0. The van der Waals surface area contributed by atoms with E-state index in [1.165, 1.54) is 5.56 Å². The molecule has 1 aliphatic heterocycles. The molecule has 0 bridgehead atoms. The molecular weight excluding hydrogens is 352 g/mol. The number of rotatable bonds is 4. The first-order valence-electron chi connectivity index (χ1n) is 6.98. The molecule has 21 heavy (non-hydrogen) atoms. The van der Waals surface area contributed by atoms with E-state index in [4.69, 9.17) is 21.1 Å². The lowest BCUT2D eigenvalue weighted by Crippen LogP contribution is -2.15. The zero-order valence-electron chi connectivity index (χ0n) is 11.5. The van der Waals surface area contributed by atoms with Crippen molar-refractivity contribution in [3.05, 3.63) is 63.1 Å². The molecule has 0 saturated carbocycles. The van der Waals surface area contributed by atoms with Crippen LogP contribution < -0.4 is 4.74 Å². The summed E-state index contributed by atoms with van der Waals surface area (Å²) in [5.74, 6) is 0.898. The zero-order chi connectivity index (χ0) is 14.7. The smallest absolute Gasteiger partial charge is 0.124 e. The quantitative estimate of drug-likeness (QED) is 0.768. The Morgan fingerprint density at radius 3 is 2.71 bits per heavy atom. The van der Waals surface area contributed by atoms with Gasteiger partial charge in [-0.2, -0.15) is 0 Å². The molecule has 3 rings (SSSR count). The van der Waals surface area contributed by atoms with E-state index in [0.29, 0.717) is 6.61 Å². The second kappa shape index (κ2) is 6.82. The minimum absolute atomic E-state index is 0.190. The highest BCUT2D eigenvalue weighted by molar-refractivity contribution is 9.10. The summed E-state index contributed by atoms with van der Waals surface area (Å²) < 4.78 is 12.1. The van der Waals surface area contributed by atoms with Crippen LogP contribution in [0, 0.1) is 0 Å². The van der Waals surface area contributed by atoms with Crippen LogP contribution in [0.2, 0.25) is 5.02 Å². The van der Waals surface area contributed by atoms with Crippen LogP contribution in [0.5, 0.6) is 5.75 Å². The zero-order valence-corrected chi connectivity index (χ0v) is 13.9. The largest absolute Gasteiger partial charge is 0.488 e. The van der Waals surface area contributed by atoms with E-state index in [-0.39, 0.29) is 6.10 Å². The summed E-state index contributed by atoms with van der Waals surface area (Å²) in [6.45, 7) is 1.49. The summed E-state index contributed by atoms with van der Waals surface area (Å²) in [4.78, 5) is 0. The van der Waals surface area contributed by atoms with Crippen LogP contribution in [-0.4, -0.2) is 19.3 Å². The first-order valence-corrected chi connectivity index (χ1v) is 8.16. The third kappa shape index (κ3) is 3.79. The lowest BCUT2D eigenvalue weighted by atomic mass is 10.0. The van der Waals surface area contributed by atoms with E-state index in [9.17, 15) is 0 Å². The Hall–Kier alpha value is -1.03. The van der Waals surface area contributed by atoms with E-state index in [1.54, 1.807) is 0 Å². The third-order valence-electron chi connectivity index (χ3n) is 3.54. The van der Waals surface area contributed by atoms with E-state index >= 15 is 0 Å². The minimum Gasteiger partial charge on any atom is -0.488 e. The van der Waals surface area contributed by atoms with Gasteiger partial charge in [0.2, 0.25) is 0 Å². The molecule has 0 N–H and O–H groups in total. The van der Waals surface area contributed by atoms with Gasteiger partial charge in [-0.15, -0.1) is 0 Å². The van der Waals surface area contributed by atoms with Crippen molar-refractivity contribution in [1.82, 2.24) is 0 Å². The van der Waals surface area contributed by atoms with Gasteiger partial charge in [-0.25, -0.2) is 0 Å². The van der Waals surface area contributed by atoms with Gasteiger partial charge >= 0.3 is 0 Å². The number of benzene rings is 2. The molecule has 2 nitrogen and oxygen atoms in total.